The van der Waals surface area contributed by atoms with Gasteiger partial charge < -0.3 is 15.0 Å². The number of aromatic nitrogens is 1. The monoisotopic (exact) mass is 441 g/mol. The summed E-state index contributed by atoms with van der Waals surface area (Å²) in [5, 5.41) is 10.9. The van der Waals surface area contributed by atoms with Gasteiger partial charge in [-0.1, -0.05) is 50.2 Å². The average molecular weight is 442 g/mol. The van der Waals surface area contributed by atoms with Crippen LogP contribution in [0, 0.1) is 22.6 Å². The lowest BCUT2D eigenvalue weighted by molar-refractivity contribution is -0.119. The Kier molecular flexibility index (Phi) is 4.86. The highest BCUT2D eigenvalue weighted by molar-refractivity contribution is 6.01. The highest BCUT2D eigenvalue weighted by Crippen LogP contribution is 2.49. The van der Waals surface area contributed by atoms with Crippen molar-refractivity contribution in [2.45, 2.75) is 39.2 Å². The largest absolute Gasteiger partial charge is 0.444 e. The molecule has 0 amide bonds. The van der Waals surface area contributed by atoms with Crippen LogP contribution in [0.3, 0.4) is 0 Å². The van der Waals surface area contributed by atoms with Crippen molar-refractivity contribution in [1.29, 1.82) is 5.26 Å². The molecule has 2 heterocycles. The number of ketones is 1. The van der Waals surface area contributed by atoms with Crippen LogP contribution < -0.4 is 5.73 Å². The number of fused-ring (bicyclic) bond motifs is 1. The second kappa shape index (κ2) is 7.63. The second-order valence-corrected chi connectivity index (χ2v) is 9.52. The van der Waals surface area contributed by atoms with Gasteiger partial charge in [0.25, 0.3) is 0 Å². The van der Waals surface area contributed by atoms with Crippen LogP contribution in [-0.2, 0) is 16.1 Å². The van der Waals surface area contributed by atoms with Crippen LogP contribution in [0.2, 0.25) is 0 Å². The van der Waals surface area contributed by atoms with Gasteiger partial charge in [-0.2, -0.15) is 5.26 Å². The van der Waals surface area contributed by atoms with Gasteiger partial charge in [0.15, 0.2) is 5.78 Å². The van der Waals surface area contributed by atoms with Crippen LogP contribution >= 0.6 is 0 Å². The summed E-state index contributed by atoms with van der Waals surface area (Å²) >= 11 is 0. The first-order valence-electron chi connectivity index (χ1n) is 10.9. The van der Waals surface area contributed by atoms with E-state index >= 15 is 0 Å². The molecule has 0 spiro atoms. The zero-order valence-electron chi connectivity index (χ0n) is 18.6. The molecule has 0 saturated heterocycles. The Labute approximate surface area is 191 Å². The molecule has 1 aliphatic carbocycles. The number of allylic oxidation sites excluding steroid dienone is 3. The second-order valence-electron chi connectivity index (χ2n) is 9.52. The first kappa shape index (κ1) is 21.0. The van der Waals surface area contributed by atoms with E-state index in [0.29, 0.717) is 36.3 Å². The van der Waals surface area contributed by atoms with Gasteiger partial charge in [-0.3, -0.25) is 4.79 Å². The topological polar surface area (TPSA) is 81.0 Å². The third-order valence-corrected chi connectivity index (χ3v) is 6.50. The van der Waals surface area contributed by atoms with Gasteiger partial charge in [0.2, 0.25) is 5.88 Å². The van der Waals surface area contributed by atoms with Crippen LogP contribution in [0.5, 0.6) is 0 Å². The van der Waals surface area contributed by atoms with E-state index in [0.717, 1.165) is 16.5 Å². The van der Waals surface area contributed by atoms with Crippen molar-refractivity contribution in [2.24, 2.45) is 11.1 Å². The molecule has 0 bridgehead atoms. The van der Waals surface area contributed by atoms with Gasteiger partial charge in [-0.25, -0.2) is 4.39 Å². The molecule has 0 saturated carbocycles. The van der Waals surface area contributed by atoms with Crippen LogP contribution in [-0.4, -0.2) is 10.4 Å². The fraction of sp³-hybridized carbons (Fsp3) is 0.259. The number of ether oxygens (including phenoxy) is 1. The van der Waals surface area contributed by atoms with Gasteiger partial charge in [0, 0.05) is 41.1 Å². The van der Waals surface area contributed by atoms with Crippen LogP contribution in [0.15, 0.2) is 77.5 Å². The minimum Gasteiger partial charge on any atom is -0.444 e. The number of para-hydroxylation sites is 1. The number of hydrogen-bond donors (Lipinski definition) is 1. The molecule has 33 heavy (non-hydrogen) atoms. The van der Waals surface area contributed by atoms with Crippen molar-refractivity contribution in [3.05, 3.63) is 94.5 Å². The highest BCUT2D eigenvalue weighted by atomic mass is 19.1. The number of carbonyl (C=O) groups is 1. The number of nitrogens with two attached hydrogens (primary N) is 1. The van der Waals surface area contributed by atoms with E-state index in [2.05, 4.69) is 6.07 Å². The van der Waals surface area contributed by atoms with E-state index in [4.69, 9.17) is 10.5 Å². The highest BCUT2D eigenvalue weighted by Gasteiger charge is 2.43. The zero-order chi connectivity index (χ0) is 23.3. The molecule has 0 unspecified atom stereocenters. The van der Waals surface area contributed by atoms with Crippen LogP contribution in [0.4, 0.5) is 4.39 Å². The molecule has 2 aliphatic rings. The van der Waals surface area contributed by atoms with E-state index in [-0.39, 0.29) is 28.5 Å². The molecule has 5 rings (SSSR count). The van der Waals surface area contributed by atoms with E-state index in [1.165, 1.54) is 6.07 Å². The summed E-state index contributed by atoms with van der Waals surface area (Å²) < 4.78 is 22.2. The van der Waals surface area contributed by atoms with Crippen molar-refractivity contribution < 1.29 is 13.9 Å². The number of Topliss-reactive ketones (excluding diaryl/α,β-unsaturated/α-hetero) is 1. The van der Waals surface area contributed by atoms with Gasteiger partial charge in [0.05, 0.1) is 12.5 Å². The third kappa shape index (κ3) is 3.50. The minimum absolute atomic E-state index is 0.0302. The summed E-state index contributed by atoms with van der Waals surface area (Å²) in [6.45, 7) is 4.37. The maximum atomic E-state index is 14.4. The quantitative estimate of drug-likeness (QED) is 0.600. The zero-order valence-corrected chi connectivity index (χ0v) is 18.6. The van der Waals surface area contributed by atoms with Crippen molar-refractivity contribution in [1.82, 2.24) is 4.57 Å². The van der Waals surface area contributed by atoms with Crippen molar-refractivity contribution in [3.8, 4) is 6.07 Å². The Morgan fingerprint density at radius 3 is 2.67 bits per heavy atom. The number of nitrogens with zero attached hydrogens (tertiary/aromatic N) is 2. The van der Waals surface area contributed by atoms with E-state index < -0.39 is 5.92 Å². The molecule has 1 atom stereocenters. The molecule has 6 heteroatoms. The van der Waals surface area contributed by atoms with Gasteiger partial charge in [-0.15, -0.1) is 0 Å². The van der Waals surface area contributed by atoms with E-state index in [9.17, 15) is 14.4 Å². The minimum atomic E-state index is -0.617. The average Bonchev–Trinajstić information content (AvgIpc) is 3.12. The lowest BCUT2D eigenvalue weighted by atomic mass is 9.70. The predicted octanol–water partition coefficient (Wildman–Crippen LogP) is 5.28. The number of hydrogen-bond acceptors (Lipinski definition) is 4. The smallest absolute Gasteiger partial charge is 0.205 e. The lowest BCUT2D eigenvalue weighted by Crippen LogP contribution is -2.33. The van der Waals surface area contributed by atoms with Gasteiger partial charge in [-0.05, 0) is 23.1 Å². The number of benzene rings is 2. The maximum Gasteiger partial charge on any atom is 0.205 e. The SMILES string of the molecule is CC1(C)CC(=O)C2=C(C1)OC(N)=C(C#N)[C@H]2c1cn(Cc2ccccc2F)c2ccccc12. The Bertz CT molecular complexity index is 1400. The molecule has 2 aromatic carbocycles. The molecule has 1 aromatic heterocycles. The summed E-state index contributed by atoms with van der Waals surface area (Å²) in [5.41, 5.74) is 8.93. The Balaban J connectivity index is 1.71. The summed E-state index contributed by atoms with van der Waals surface area (Å²) in [7, 11) is 0. The Morgan fingerprint density at radius 2 is 1.91 bits per heavy atom. The van der Waals surface area contributed by atoms with Crippen molar-refractivity contribution >= 4 is 16.7 Å². The van der Waals surface area contributed by atoms with Crippen LogP contribution in [0.1, 0.15) is 43.7 Å². The molecule has 0 fully saturated rings. The standard InChI is InChI=1S/C27H24FN3O2/c1-27(2)11-22(32)25-23(12-27)33-26(30)18(13-29)24(25)19-15-31(21-10-6-4-8-17(19)21)14-16-7-3-5-9-20(16)28/h3-10,15,24H,11-12,14,30H2,1-2H3/t24-/m0/s1. The molecule has 2 N–H and O–H groups in total. The van der Waals surface area contributed by atoms with Crippen molar-refractivity contribution in [3.63, 3.8) is 0 Å². The third-order valence-electron chi connectivity index (χ3n) is 6.50. The van der Waals surface area contributed by atoms with E-state index in [1.807, 2.05) is 48.9 Å². The predicted molar refractivity (Wildman–Crippen MR) is 123 cm³/mol. The summed E-state index contributed by atoms with van der Waals surface area (Å²) in [5.74, 6) is -0.340. The maximum absolute atomic E-state index is 14.4. The first-order valence-corrected chi connectivity index (χ1v) is 10.9. The fourth-order valence-corrected chi connectivity index (χ4v) is 5.04. The molecule has 3 aromatic rings. The number of rotatable bonds is 3. The molecule has 0 radical (unpaired) electrons. The molecule has 5 nitrogen and oxygen atoms in total. The number of halogens is 1. The van der Waals surface area contributed by atoms with Crippen molar-refractivity contribution in [2.75, 3.05) is 0 Å². The van der Waals surface area contributed by atoms with E-state index in [1.54, 1.807) is 18.2 Å². The first-order chi connectivity index (χ1) is 15.8. The molecule has 1 aliphatic heterocycles. The molecule has 166 valence electrons. The van der Waals surface area contributed by atoms with Crippen LogP contribution in [0.25, 0.3) is 10.9 Å². The molecular weight excluding hydrogens is 417 g/mol. The Morgan fingerprint density at radius 1 is 1.18 bits per heavy atom. The molecular formula is C27H24FN3O2. The fourth-order valence-electron chi connectivity index (χ4n) is 5.04. The summed E-state index contributed by atoms with van der Waals surface area (Å²) in [4.78, 5) is 13.3. The number of nitriles is 1. The Hall–Kier alpha value is -3.85. The normalized spacial score (nSPS) is 19.9. The van der Waals surface area contributed by atoms with Gasteiger partial charge in [0.1, 0.15) is 23.2 Å². The number of carbonyl (C=O) groups excluding carboxylic acids is 1. The lowest BCUT2D eigenvalue weighted by Gasteiger charge is -2.37. The summed E-state index contributed by atoms with van der Waals surface area (Å²) in [6, 6.07) is 16.6. The van der Waals surface area contributed by atoms with Gasteiger partial charge >= 0.3 is 0 Å². The summed E-state index contributed by atoms with van der Waals surface area (Å²) in [6.07, 6.45) is 2.85.